The summed E-state index contributed by atoms with van der Waals surface area (Å²) in [6.07, 6.45) is 5.72. The highest BCUT2D eigenvalue weighted by atomic mass is 16.4. The number of hydrogen-bond acceptors (Lipinski definition) is 5. The van der Waals surface area contributed by atoms with Gasteiger partial charge in [-0.05, 0) is 12.1 Å². The molecule has 1 aromatic carbocycles. The predicted molar refractivity (Wildman–Crippen MR) is 107 cm³/mol. The van der Waals surface area contributed by atoms with Crippen molar-refractivity contribution in [2.45, 2.75) is 13.0 Å². The number of carbonyl (C=O) groups is 1. The summed E-state index contributed by atoms with van der Waals surface area (Å²) in [5.74, 6) is 2.10. The van der Waals surface area contributed by atoms with Crippen LogP contribution in [-0.2, 0) is 20.0 Å². The van der Waals surface area contributed by atoms with Gasteiger partial charge in [-0.25, -0.2) is 9.97 Å². The van der Waals surface area contributed by atoms with E-state index in [1.807, 2.05) is 54.1 Å². The first kappa shape index (κ1) is 17.4. The Bertz CT molecular complexity index is 1160. The SMILES string of the molecule is Cn1c(C(=O)N2CCc3oc(-c4cccnc4)nc3C2)cnc1-c1ccccc1. The molecule has 0 saturated carbocycles. The van der Waals surface area contributed by atoms with Crippen LogP contribution >= 0.6 is 0 Å². The Kier molecular flexibility index (Phi) is 4.20. The van der Waals surface area contributed by atoms with Crippen molar-refractivity contribution >= 4 is 5.91 Å². The van der Waals surface area contributed by atoms with Crippen LogP contribution in [0.4, 0.5) is 0 Å². The summed E-state index contributed by atoms with van der Waals surface area (Å²) in [7, 11) is 1.87. The van der Waals surface area contributed by atoms with Crippen molar-refractivity contribution < 1.29 is 9.21 Å². The lowest BCUT2D eigenvalue weighted by molar-refractivity contribution is 0.0718. The van der Waals surface area contributed by atoms with Gasteiger partial charge in [-0.15, -0.1) is 0 Å². The van der Waals surface area contributed by atoms with E-state index in [9.17, 15) is 4.79 Å². The van der Waals surface area contributed by atoms with E-state index in [0.717, 1.165) is 28.4 Å². The molecule has 4 heterocycles. The van der Waals surface area contributed by atoms with E-state index in [1.54, 1.807) is 23.5 Å². The van der Waals surface area contributed by atoms with Gasteiger partial charge < -0.3 is 13.9 Å². The van der Waals surface area contributed by atoms with Gasteiger partial charge in [0.05, 0.1) is 18.3 Å². The Morgan fingerprint density at radius 2 is 1.90 bits per heavy atom. The molecule has 5 rings (SSSR count). The molecule has 1 aliphatic heterocycles. The van der Waals surface area contributed by atoms with Gasteiger partial charge in [0, 0.05) is 38.0 Å². The number of amides is 1. The number of nitrogens with zero attached hydrogens (tertiary/aromatic N) is 5. The number of imidazole rings is 1. The number of rotatable bonds is 3. The van der Waals surface area contributed by atoms with Crippen LogP contribution in [0.25, 0.3) is 22.8 Å². The first-order valence-electron chi connectivity index (χ1n) is 9.46. The molecule has 0 spiro atoms. The fourth-order valence-electron chi connectivity index (χ4n) is 3.61. The zero-order valence-corrected chi connectivity index (χ0v) is 15.9. The van der Waals surface area contributed by atoms with Gasteiger partial charge >= 0.3 is 0 Å². The maximum Gasteiger partial charge on any atom is 0.272 e. The van der Waals surface area contributed by atoms with Crippen LogP contribution in [-0.4, -0.2) is 36.9 Å². The molecule has 1 aliphatic rings. The van der Waals surface area contributed by atoms with Crippen LogP contribution in [0.1, 0.15) is 21.9 Å². The summed E-state index contributed by atoms with van der Waals surface area (Å²) in [4.78, 5) is 28.1. The number of pyridine rings is 1. The normalized spacial score (nSPS) is 13.3. The van der Waals surface area contributed by atoms with Crippen molar-refractivity contribution in [3.05, 3.63) is 78.2 Å². The Morgan fingerprint density at radius 3 is 2.69 bits per heavy atom. The summed E-state index contributed by atoms with van der Waals surface area (Å²) in [5, 5.41) is 0. The first-order chi connectivity index (χ1) is 14.2. The van der Waals surface area contributed by atoms with Crippen molar-refractivity contribution in [3.63, 3.8) is 0 Å². The number of aromatic nitrogens is 4. The fourth-order valence-corrected chi connectivity index (χ4v) is 3.61. The van der Waals surface area contributed by atoms with E-state index in [0.29, 0.717) is 31.1 Å². The molecule has 29 heavy (non-hydrogen) atoms. The van der Waals surface area contributed by atoms with Crippen LogP contribution in [0.3, 0.4) is 0 Å². The van der Waals surface area contributed by atoms with Gasteiger partial charge in [0.1, 0.15) is 23.0 Å². The predicted octanol–water partition coefficient (Wildman–Crippen LogP) is 3.34. The maximum absolute atomic E-state index is 13.1. The lowest BCUT2D eigenvalue weighted by Gasteiger charge is -2.25. The molecule has 0 atom stereocenters. The Morgan fingerprint density at radius 1 is 1.07 bits per heavy atom. The molecule has 0 saturated heterocycles. The average molecular weight is 385 g/mol. The lowest BCUT2D eigenvalue weighted by Crippen LogP contribution is -2.36. The fraction of sp³-hybridized carbons (Fsp3) is 0.182. The van der Waals surface area contributed by atoms with Crippen molar-refractivity contribution in [3.8, 4) is 22.8 Å². The van der Waals surface area contributed by atoms with Crippen LogP contribution in [0.2, 0.25) is 0 Å². The van der Waals surface area contributed by atoms with Gasteiger partial charge in [0.2, 0.25) is 5.89 Å². The monoisotopic (exact) mass is 385 g/mol. The largest absolute Gasteiger partial charge is 0.441 e. The highest BCUT2D eigenvalue weighted by Crippen LogP contribution is 2.27. The van der Waals surface area contributed by atoms with Crippen molar-refractivity contribution in [2.24, 2.45) is 7.05 Å². The number of hydrogen-bond donors (Lipinski definition) is 0. The number of benzene rings is 1. The molecule has 0 radical (unpaired) electrons. The van der Waals surface area contributed by atoms with Crippen LogP contribution < -0.4 is 0 Å². The molecule has 4 aromatic rings. The molecule has 7 heteroatoms. The summed E-state index contributed by atoms with van der Waals surface area (Å²) < 4.78 is 7.75. The minimum Gasteiger partial charge on any atom is -0.441 e. The minimum absolute atomic E-state index is 0.0567. The number of fused-ring (bicyclic) bond motifs is 1. The summed E-state index contributed by atoms with van der Waals surface area (Å²) in [6.45, 7) is 1.00. The third kappa shape index (κ3) is 3.10. The van der Waals surface area contributed by atoms with E-state index >= 15 is 0 Å². The molecule has 1 amide bonds. The molecule has 3 aromatic heterocycles. The van der Waals surface area contributed by atoms with Gasteiger partial charge in [0.15, 0.2) is 0 Å². The molecule has 7 nitrogen and oxygen atoms in total. The zero-order valence-electron chi connectivity index (χ0n) is 15.9. The van der Waals surface area contributed by atoms with Crippen molar-refractivity contribution in [2.75, 3.05) is 6.54 Å². The smallest absolute Gasteiger partial charge is 0.272 e. The molecular formula is C22H19N5O2. The molecule has 0 fully saturated rings. The molecular weight excluding hydrogens is 366 g/mol. The van der Waals surface area contributed by atoms with Gasteiger partial charge in [-0.2, -0.15) is 0 Å². The first-order valence-corrected chi connectivity index (χ1v) is 9.46. The summed E-state index contributed by atoms with van der Waals surface area (Å²) >= 11 is 0. The van der Waals surface area contributed by atoms with E-state index in [-0.39, 0.29) is 5.91 Å². The molecule has 0 bridgehead atoms. The highest BCUT2D eigenvalue weighted by molar-refractivity contribution is 5.93. The van der Waals surface area contributed by atoms with E-state index in [1.165, 1.54) is 0 Å². The number of oxazole rings is 1. The summed E-state index contributed by atoms with van der Waals surface area (Å²) in [6, 6.07) is 13.6. The second-order valence-corrected chi connectivity index (χ2v) is 7.00. The number of carbonyl (C=O) groups excluding carboxylic acids is 1. The Labute approximate surface area is 167 Å². The highest BCUT2D eigenvalue weighted by Gasteiger charge is 2.28. The molecule has 0 aliphatic carbocycles. The van der Waals surface area contributed by atoms with Crippen molar-refractivity contribution in [1.82, 2.24) is 24.4 Å². The van der Waals surface area contributed by atoms with E-state index in [4.69, 9.17) is 4.42 Å². The third-order valence-electron chi connectivity index (χ3n) is 5.16. The second-order valence-electron chi connectivity index (χ2n) is 7.00. The Hall–Kier alpha value is -3.74. The van der Waals surface area contributed by atoms with Gasteiger partial charge in [0.25, 0.3) is 5.91 Å². The van der Waals surface area contributed by atoms with Crippen molar-refractivity contribution in [1.29, 1.82) is 0 Å². The quantitative estimate of drug-likeness (QED) is 0.541. The van der Waals surface area contributed by atoms with Crippen LogP contribution in [0, 0.1) is 0 Å². The third-order valence-corrected chi connectivity index (χ3v) is 5.16. The Balaban J connectivity index is 1.39. The van der Waals surface area contributed by atoms with Crippen LogP contribution in [0.15, 0.2) is 65.5 Å². The van der Waals surface area contributed by atoms with Crippen LogP contribution in [0.5, 0.6) is 0 Å². The van der Waals surface area contributed by atoms with Gasteiger partial charge in [-0.3, -0.25) is 9.78 Å². The van der Waals surface area contributed by atoms with E-state index in [2.05, 4.69) is 15.0 Å². The molecule has 0 N–H and O–H groups in total. The van der Waals surface area contributed by atoms with E-state index < -0.39 is 0 Å². The second kappa shape index (κ2) is 7.01. The standard InChI is InChI=1S/C22H19N5O2/c1-26-18(13-24-20(26)15-6-3-2-4-7-15)22(28)27-11-9-19-17(14-27)25-21(29-19)16-8-5-10-23-12-16/h2-8,10,12-13H,9,11,14H2,1H3. The minimum atomic E-state index is -0.0567. The average Bonchev–Trinajstić information content (AvgIpc) is 3.37. The zero-order chi connectivity index (χ0) is 19.8. The van der Waals surface area contributed by atoms with Gasteiger partial charge in [-0.1, -0.05) is 30.3 Å². The summed E-state index contributed by atoms with van der Waals surface area (Å²) in [5.41, 5.74) is 3.17. The molecule has 144 valence electrons. The maximum atomic E-state index is 13.1. The topological polar surface area (TPSA) is 77.0 Å². The lowest BCUT2D eigenvalue weighted by atomic mass is 10.1. The molecule has 0 unspecified atom stereocenters.